The Hall–Kier alpha value is -1.39. The zero-order valence-electron chi connectivity index (χ0n) is 11.8. The van der Waals surface area contributed by atoms with E-state index in [0.717, 1.165) is 31.5 Å². The molecule has 0 radical (unpaired) electrons. The molecule has 0 aliphatic heterocycles. The summed E-state index contributed by atoms with van der Waals surface area (Å²) in [6.45, 7) is 6.44. The predicted molar refractivity (Wildman–Crippen MR) is 69.5 cm³/mol. The second-order valence-corrected chi connectivity index (χ2v) is 4.41. The molecule has 0 atom stereocenters. The minimum atomic E-state index is -0.439. The summed E-state index contributed by atoms with van der Waals surface area (Å²) in [6.07, 6.45) is 4.35. The molecule has 0 saturated carbocycles. The normalized spacial score (nSPS) is 10.9. The van der Waals surface area contributed by atoms with Crippen molar-refractivity contribution in [2.45, 2.75) is 52.4 Å². The number of carbonyl (C=O) groups is 1. The summed E-state index contributed by atoms with van der Waals surface area (Å²) in [5, 5.41) is 4.15. The van der Waals surface area contributed by atoms with Crippen LogP contribution in [0.4, 0.5) is 0 Å². The number of esters is 1. The van der Waals surface area contributed by atoms with E-state index in [0.29, 0.717) is 12.5 Å². The van der Waals surface area contributed by atoms with Gasteiger partial charge in [0, 0.05) is 13.0 Å². The van der Waals surface area contributed by atoms with Gasteiger partial charge in [-0.2, -0.15) is 0 Å². The van der Waals surface area contributed by atoms with Crippen molar-refractivity contribution < 1.29 is 9.53 Å². The Balaban J connectivity index is 2.90. The highest BCUT2D eigenvalue weighted by molar-refractivity contribution is 5.84. The van der Waals surface area contributed by atoms with E-state index in [2.05, 4.69) is 23.9 Å². The van der Waals surface area contributed by atoms with Crippen LogP contribution in [0.5, 0.6) is 0 Å². The highest BCUT2D eigenvalue weighted by atomic mass is 16.5. The number of carbonyl (C=O) groups excluding carboxylic acids is 1. The van der Waals surface area contributed by atoms with Crippen LogP contribution in [0.15, 0.2) is 0 Å². The molecule has 5 heteroatoms. The molecule has 0 fully saturated rings. The number of ether oxygens (including phenoxy) is 1. The zero-order chi connectivity index (χ0) is 13.5. The van der Waals surface area contributed by atoms with Gasteiger partial charge >= 0.3 is 5.97 Å². The lowest BCUT2D eigenvalue weighted by molar-refractivity contribution is 0.0511. The van der Waals surface area contributed by atoms with Crippen LogP contribution in [0.1, 0.15) is 68.8 Å². The molecule has 0 spiro atoms. The highest BCUT2D eigenvalue weighted by Gasteiger charge is 2.21. The minimum absolute atomic E-state index is 0.173. The summed E-state index contributed by atoms with van der Waals surface area (Å²) >= 11 is 0. The van der Waals surface area contributed by atoms with Gasteiger partial charge in [0.1, 0.15) is 5.82 Å². The molecular formula is C13H23N3O2. The van der Waals surface area contributed by atoms with Gasteiger partial charge in [0.15, 0.2) is 0 Å². The van der Waals surface area contributed by atoms with Crippen LogP contribution in [0, 0.1) is 0 Å². The molecule has 1 aromatic rings. The molecule has 1 aromatic heterocycles. The first-order valence-corrected chi connectivity index (χ1v) is 6.72. The van der Waals surface area contributed by atoms with Crippen molar-refractivity contribution in [3.63, 3.8) is 0 Å². The van der Waals surface area contributed by atoms with Crippen molar-refractivity contribution in [2.75, 3.05) is 6.61 Å². The highest BCUT2D eigenvalue weighted by Crippen LogP contribution is 2.24. The predicted octanol–water partition coefficient (Wildman–Crippen LogP) is 2.68. The van der Waals surface area contributed by atoms with Crippen LogP contribution in [0.3, 0.4) is 0 Å². The fourth-order valence-corrected chi connectivity index (χ4v) is 2.13. The number of aromatic nitrogens is 3. The van der Waals surface area contributed by atoms with Crippen molar-refractivity contribution in [1.29, 1.82) is 0 Å². The third-order valence-electron chi connectivity index (χ3n) is 2.89. The van der Waals surface area contributed by atoms with Gasteiger partial charge in [-0.3, -0.25) is 4.68 Å². The lowest BCUT2D eigenvalue weighted by Gasteiger charge is -2.13. The second-order valence-electron chi connectivity index (χ2n) is 4.41. The second kappa shape index (κ2) is 7.13. The molecule has 0 N–H and O–H groups in total. The third kappa shape index (κ3) is 3.55. The van der Waals surface area contributed by atoms with E-state index in [1.165, 1.54) is 0 Å². The Morgan fingerprint density at radius 3 is 2.39 bits per heavy atom. The summed E-state index contributed by atoms with van der Waals surface area (Å²) in [6, 6.07) is 0. The van der Waals surface area contributed by atoms with Crippen LogP contribution in [-0.4, -0.2) is 27.3 Å². The average Bonchev–Trinajstić information content (AvgIpc) is 2.71. The molecule has 0 unspecified atom stereocenters. The van der Waals surface area contributed by atoms with Gasteiger partial charge < -0.3 is 4.74 Å². The molecule has 18 heavy (non-hydrogen) atoms. The smallest absolute Gasteiger partial charge is 0.378 e. The quantitative estimate of drug-likeness (QED) is 0.701. The van der Waals surface area contributed by atoms with Crippen LogP contribution >= 0.6 is 0 Å². The number of aryl methyl sites for hydroxylation is 1. The van der Waals surface area contributed by atoms with E-state index in [4.69, 9.17) is 4.74 Å². The van der Waals surface area contributed by atoms with Crippen LogP contribution in [-0.2, 0) is 11.8 Å². The maximum absolute atomic E-state index is 11.6. The molecule has 102 valence electrons. The summed E-state index contributed by atoms with van der Waals surface area (Å²) in [5.41, 5.74) is 0. The maximum atomic E-state index is 11.6. The zero-order valence-corrected chi connectivity index (χ0v) is 11.8. The molecular weight excluding hydrogens is 230 g/mol. The van der Waals surface area contributed by atoms with Gasteiger partial charge in [-0.15, -0.1) is 5.10 Å². The average molecular weight is 253 g/mol. The molecule has 5 nitrogen and oxygen atoms in total. The molecule has 0 amide bonds. The molecule has 1 heterocycles. The van der Waals surface area contributed by atoms with E-state index in [1.807, 2.05) is 7.05 Å². The molecule has 0 aliphatic carbocycles. The van der Waals surface area contributed by atoms with Gasteiger partial charge in [0.05, 0.1) is 6.61 Å². The van der Waals surface area contributed by atoms with Gasteiger partial charge in [0.2, 0.25) is 0 Å². The molecule has 0 aliphatic rings. The van der Waals surface area contributed by atoms with Crippen LogP contribution in [0.25, 0.3) is 0 Å². The molecule has 0 saturated heterocycles. The van der Waals surface area contributed by atoms with Crippen molar-refractivity contribution in [1.82, 2.24) is 14.8 Å². The summed E-state index contributed by atoms with van der Waals surface area (Å²) in [5.74, 6) is 1.00. The van der Waals surface area contributed by atoms with Gasteiger partial charge in [0.25, 0.3) is 5.82 Å². The summed E-state index contributed by atoms with van der Waals surface area (Å²) in [4.78, 5) is 15.9. The summed E-state index contributed by atoms with van der Waals surface area (Å²) in [7, 11) is 1.84. The first-order chi connectivity index (χ1) is 8.63. The Morgan fingerprint density at radius 1 is 1.28 bits per heavy atom. The van der Waals surface area contributed by atoms with E-state index in [-0.39, 0.29) is 5.82 Å². The largest absolute Gasteiger partial charge is 0.460 e. The summed E-state index contributed by atoms with van der Waals surface area (Å²) < 4.78 is 6.63. The first kappa shape index (κ1) is 14.7. The van der Waals surface area contributed by atoms with E-state index < -0.39 is 5.97 Å². The van der Waals surface area contributed by atoms with E-state index in [9.17, 15) is 4.79 Å². The van der Waals surface area contributed by atoms with Crippen molar-refractivity contribution in [2.24, 2.45) is 7.05 Å². The topological polar surface area (TPSA) is 57.0 Å². The number of rotatable bonds is 7. The van der Waals surface area contributed by atoms with E-state index >= 15 is 0 Å². The van der Waals surface area contributed by atoms with Gasteiger partial charge in [-0.25, -0.2) is 9.78 Å². The Bertz CT molecular complexity index is 382. The van der Waals surface area contributed by atoms with Gasteiger partial charge in [-0.1, -0.05) is 26.7 Å². The number of hydrogen-bond acceptors (Lipinski definition) is 4. The molecule has 0 aromatic carbocycles. The number of hydrogen-bond donors (Lipinski definition) is 0. The molecule has 1 rings (SSSR count). The van der Waals surface area contributed by atoms with Crippen LogP contribution < -0.4 is 0 Å². The lowest BCUT2D eigenvalue weighted by atomic mass is 9.97. The van der Waals surface area contributed by atoms with E-state index in [1.54, 1.807) is 11.6 Å². The maximum Gasteiger partial charge on any atom is 0.378 e. The Labute approximate surface area is 109 Å². The Morgan fingerprint density at radius 2 is 1.89 bits per heavy atom. The number of nitrogens with zero attached hydrogens (tertiary/aromatic N) is 3. The Kier molecular flexibility index (Phi) is 5.82. The fraction of sp³-hybridized carbons (Fsp3) is 0.769. The third-order valence-corrected chi connectivity index (χ3v) is 2.89. The minimum Gasteiger partial charge on any atom is -0.460 e. The standard InChI is InChI=1S/C13H23N3O2/c1-5-8-10(9-6-2)12-14-11(15-16(12)4)13(17)18-7-3/h10H,5-9H2,1-4H3. The van der Waals surface area contributed by atoms with Crippen LogP contribution in [0.2, 0.25) is 0 Å². The monoisotopic (exact) mass is 253 g/mol. The SMILES string of the molecule is CCCC(CCC)c1nc(C(=O)OCC)nn1C. The van der Waals surface area contributed by atoms with Crippen molar-refractivity contribution in [3.8, 4) is 0 Å². The fourth-order valence-electron chi connectivity index (χ4n) is 2.13. The lowest BCUT2D eigenvalue weighted by Crippen LogP contribution is -2.07. The van der Waals surface area contributed by atoms with Crippen molar-refractivity contribution in [3.05, 3.63) is 11.6 Å². The molecule has 0 bridgehead atoms. The first-order valence-electron chi connectivity index (χ1n) is 6.72. The van der Waals surface area contributed by atoms with Crippen molar-refractivity contribution >= 4 is 5.97 Å². The van der Waals surface area contributed by atoms with Gasteiger partial charge in [-0.05, 0) is 19.8 Å².